The predicted molar refractivity (Wildman–Crippen MR) is 83.7 cm³/mol. The van der Waals surface area contributed by atoms with E-state index < -0.39 is 10.0 Å². The highest BCUT2D eigenvalue weighted by Gasteiger charge is 2.16. The number of halogens is 2. The van der Waals surface area contributed by atoms with Crippen LogP contribution in [0, 0.1) is 0 Å². The lowest BCUT2D eigenvalue weighted by Crippen LogP contribution is -2.11. The zero-order valence-corrected chi connectivity index (χ0v) is 13.7. The SMILES string of the molecule is O=S(=O)(Nc1ccc(CCCl)cc1)c1ccc(Br)s1. The summed E-state index contributed by atoms with van der Waals surface area (Å²) in [5, 5.41) is 0. The second-order valence-electron chi connectivity index (χ2n) is 3.80. The van der Waals surface area contributed by atoms with Crippen molar-refractivity contribution in [1.29, 1.82) is 0 Å². The van der Waals surface area contributed by atoms with Gasteiger partial charge in [0, 0.05) is 11.6 Å². The molecular weight excluding hydrogens is 370 g/mol. The molecule has 1 heterocycles. The summed E-state index contributed by atoms with van der Waals surface area (Å²) in [6.45, 7) is 0. The van der Waals surface area contributed by atoms with Crippen molar-refractivity contribution in [2.45, 2.75) is 10.6 Å². The Morgan fingerprint density at radius 2 is 1.84 bits per heavy atom. The quantitative estimate of drug-likeness (QED) is 0.794. The third-order valence-corrected chi connectivity index (χ3v) is 6.09. The number of sulfonamides is 1. The third-order valence-electron chi connectivity index (χ3n) is 2.40. The molecule has 0 saturated carbocycles. The molecule has 2 rings (SSSR count). The van der Waals surface area contributed by atoms with Crippen molar-refractivity contribution in [2.75, 3.05) is 10.6 Å². The van der Waals surface area contributed by atoms with Gasteiger partial charge in [0.2, 0.25) is 0 Å². The first-order chi connectivity index (χ1) is 9.01. The van der Waals surface area contributed by atoms with E-state index in [4.69, 9.17) is 11.6 Å². The van der Waals surface area contributed by atoms with Crippen molar-refractivity contribution in [3.05, 3.63) is 45.7 Å². The van der Waals surface area contributed by atoms with Gasteiger partial charge >= 0.3 is 0 Å². The zero-order valence-electron chi connectivity index (χ0n) is 9.77. The van der Waals surface area contributed by atoms with Crippen molar-refractivity contribution >= 4 is 54.6 Å². The third kappa shape index (κ3) is 3.95. The number of benzene rings is 1. The molecule has 1 aromatic heterocycles. The van der Waals surface area contributed by atoms with Gasteiger partial charge < -0.3 is 0 Å². The Bertz CT molecular complexity index is 653. The van der Waals surface area contributed by atoms with Crippen LogP contribution in [-0.2, 0) is 16.4 Å². The van der Waals surface area contributed by atoms with E-state index >= 15 is 0 Å². The number of thiophene rings is 1. The van der Waals surface area contributed by atoms with Crippen LogP contribution in [-0.4, -0.2) is 14.3 Å². The lowest BCUT2D eigenvalue weighted by molar-refractivity contribution is 0.603. The first-order valence-electron chi connectivity index (χ1n) is 5.44. The summed E-state index contributed by atoms with van der Waals surface area (Å²) >= 11 is 10.1. The maximum Gasteiger partial charge on any atom is 0.271 e. The molecule has 0 bridgehead atoms. The normalized spacial score (nSPS) is 11.5. The Balaban J connectivity index is 2.16. The summed E-state index contributed by atoms with van der Waals surface area (Å²) in [6, 6.07) is 10.5. The van der Waals surface area contributed by atoms with Crippen molar-refractivity contribution in [1.82, 2.24) is 0 Å². The van der Waals surface area contributed by atoms with Crippen molar-refractivity contribution in [2.24, 2.45) is 0 Å². The average Bonchev–Trinajstić information content (AvgIpc) is 2.79. The zero-order chi connectivity index (χ0) is 13.9. The number of aryl methyl sites for hydroxylation is 1. The summed E-state index contributed by atoms with van der Waals surface area (Å²) in [5.41, 5.74) is 1.62. The first-order valence-corrected chi connectivity index (χ1v) is 9.07. The van der Waals surface area contributed by atoms with Gasteiger partial charge in [-0.1, -0.05) is 12.1 Å². The maximum atomic E-state index is 12.1. The summed E-state index contributed by atoms with van der Waals surface area (Å²) in [4.78, 5) is 0. The van der Waals surface area contributed by atoms with Gasteiger partial charge in [-0.2, -0.15) is 0 Å². The Labute approximate surface area is 129 Å². The van der Waals surface area contributed by atoms with Crippen LogP contribution in [0.4, 0.5) is 5.69 Å². The highest BCUT2D eigenvalue weighted by molar-refractivity contribution is 9.11. The van der Waals surface area contributed by atoms with E-state index in [9.17, 15) is 8.42 Å². The van der Waals surface area contributed by atoms with Crippen molar-refractivity contribution in [3.8, 4) is 0 Å². The molecule has 19 heavy (non-hydrogen) atoms. The van der Waals surface area contributed by atoms with Crippen LogP contribution >= 0.6 is 38.9 Å². The van der Waals surface area contributed by atoms with Crippen LogP contribution in [0.25, 0.3) is 0 Å². The van der Waals surface area contributed by atoms with Crippen LogP contribution in [0.15, 0.2) is 44.4 Å². The molecule has 0 aliphatic carbocycles. The molecule has 2 aromatic rings. The molecule has 0 aliphatic rings. The van der Waals surface area contributed by atoms with Gasteiger partial charge in [-0.15, -0.1) is 22.9 Å². The van der Waals surface area contributed by atoms with Crippen LogP contribution < -0.4 is 4.72 Å². The topological polar surface area (TPSA) is 46.2 Å². The molecule has 1 N–H and O–H groups in total. The van der Waals surface area contributed by atoms with Gasteiger partial charge in [0.25, 0.3) is 10.0 Å². The number of anilines is 1. The molecule has 102 valence electrons. The molecule has 1 aromatic carbocycles. The Morgan fingerprint density at radius 1 is 1.16 bits per heavy atom. The van der Waals surface area contributed by atoms with Gasteiger partial charge in [-0.25, -0.2) is 8.42 Å². The van der Waals surface area contributed by atoms with Crippen LogP contribution in [0.3, 0.4) is 0 Å². The summed E-state index contributed by atoms with van der Waals surface area (Å²) in [6.07, 6.45) is 0.770. The second-order valence-corrected chi connectivity index (χ2v) is 8.55. The first kappa shape index (κ1) is 14.8. The maximum absolute atomic E-state index is 12.1. The molecule has 0 saturated heterocycles. The number of alkyl halides is 1. The standard InChI is InChI=1S/C12H11BrClNO2S2/c13-11-5-6-12(18-11)19(16,17)15-10-3-1-9(2-4-10)7-8-14/h1-6,15H,7-8H2. The number of rotatable bonds is 5. The highest BCUT2D eigenvalue weighted by atomic mass is 79.9. The van der Waals surface area contributed by atoms with E-state index in [1.807, 2.05) is 12.1 Å². The molecule has 0 amide bonds. The summed E-state index contributed by atoms with van der Waals surface area (Å²) in [7, 11) is -3.51. The number of nitrogens with one attached hydrogen (secondary N) is 1. The summed E-state index contributed by atoms with van der Waals surface area (Å²) < 4.78 is 27.8. The lowest BCUT2D eigenvalue weighted by Gasteiger charge is -2.06. The monoisotopic (exact) mass is 379 g/mol. The van der Waals surface area contributed by atoms with E-state index in [1.54, 1.807) is 24.3 Å². The Kier molecular flexibility index (Phi) is 4.89. The van der Waals surface area contributed by atoms with Gasteiger partial charge in [-0.3, -0.25) is 4.72 Å². The minimum atomic E-state index is -3.51. The fourth-order valence-electron chi connectivity index (χ4n) is 1.50. The molecule has 0 unspecified atom stereocenters. The van der Waals surface area contributed by atoms with Crippen LogP contribution in [0.1, 0.15) is 5.56 Å². The number of hydrogen-bond donors (Lipinski definition) is 1. The van der Waals surface area contributed by atoms with Crippen LogP contribution in [0.2, 0.25) is 0 Å². The van der Waals surface area contributed by atoms with Crippen molar-refractivity contribution in [3.63, 3.8) is 0 Å². The predicted octanol–water partition coefficient (Wildman–Crippen LogP) is 4.09. The smallest absolute Gasteiger partial charge is 0.271 e. The molecule has 0 aliphatic heterocycles. The Hall–Kier alpha value is -0.560. The Morgan fingerprint density at radius 3 is 2.37 bits per heavy atom. The van der Waals surface area contributed by atoms with E-state index in [-0.39, 0.29) is 4.21 Å². The number of hydrogen-bond acceptors (Lipinski definition) is 3. The second kappa shape index (κ2) is 6.26. The molecular formula is C12H11BrClNO2S2. The van der Waals surface area contributed by atoms with Gasteiger partial charge in [0.15, 0.2) is 0 Å². The van der Waals surface area contributed by atoms with Gasteiger partial charge in [0.05, 0.1) is 3.79 Å². The van der Waals surface area contributed by atoms with E-state index in [0.29, 0.717) is 11.6 Å². The molecule has 0 fully saturated rings. The highest BCUT2D eigenvalue weighted by Crippen LogP contribution is 2.27. The lowest BCUT2D eigenvalue weighted by atomic mass is 10.2. The molecule has 0 atom stereocenters. The molecule has 7 heteroatoms. The van der Waals surface area contributed by atoms with Gasteiger partial charge in [0.1, 0.15) is 4.21 Å². The molecule has 3 nitrogen and oxygen atoms in total. The minimum absolute atomic E-state index is 0.282. The average molecular weight is 381 g/mol. The largest absolute Gasteiger partial charge is 0.279 e. The minimum Gasteiger partial charge on any atom is -0.279 e. The van der Waals surface area contributed by atoms with Gasteiger partial charge in [-0.05, 0) is 52.2 Å². The van der Waals surface area contributed by atoms with E-state index in [0.717, 1.165) is 15.8 Å². The van der Waals surface area contributed by atoms with E-state index in [1.165, 1.54) is 11.3 Å². The van der Waals surface area contributed by atoms with E-state index in [2.05, 4.69) is 20.7 Å². The van der Waals surface area contributed by atoms with Crippen molar-refractivity contribution < 1.29 is 8.42 Å². The summed E-state index contributed by atoms with van der Waals surface area (Å²) in [5.74, 6) is 0.550. The van der Waals surface area contributed by atoms with Crippen LogP contribution in [0.5, 0.6) is 0 Å². The fraction of sp³-hybridized carbons (Fsp3) is 0.167. The fourth-order valence-corrected chi connectivity index (χ4v) is 4.78. The molecule has 0 radical (unpaired) electrons. The molecule has 0 spiro atoms.